The van der Waals surface area contributed by atoms with Gasteiger partial charge in [0.1, 0.15) is 0 Å². The lowest BCUT2D eigenvalue weighted by atomic mass is 9.91. The van der Waals surface area contributed by atoms with E-state index in [-0.39, 0.29) is 5.54 Å². The highest BCUT2D eigenvalue weighted by atomic mass is 32.1. The largest absolute Gasteiger partial charge is 0.348 e. The lowest BCUT2D eigenvalue weighted by molar-refractivity contribution is 0.364. The molecule has 0 amide bonds. The van der Waals surface area contributed by atoms with Crippen molar-refractivity contribution in [1.29, 1.82) is 0 Å². The molecule has 1 aliphatic rings. The van der Waals surface area contributed by atoms with Gasteiger partial charge in [-0.1, -0.05) is 48.5 Å². The van der Waals surface area contributed by atoms with Crippen LogP contribution in [0.3, 0.4) is 0 Å². The van der Waals surface area contributed by atoms with Crippen LogP contribution in [0.4, 0.5) is 5.13 Å². The summed E-state index contributed by atoms with van der Waals surface area (Å²) in [6.45, 7) is 4.13. The fourth-order valence-corrected chi connectivity index (χ4v) is 4.13. The Balaban J connectivity index is 1.57. The van der Waals surface area contributed by atoms with Crippen LogP contribution in [0, 0.1) is 0 Å². The van der Waals surface area contributed by atoms with E-state index in [9.17, 15) is 0 Å². The van der Waals surface area contributed by atoms with Gasteiger partial charge in [0.05, 0.1) is 5.69 Å². The molecule has 1 fully saturated rings. The van der Waals surface area contributed by atoms with Crippen LogP contribution in [0.1, 0.15) is 19.8 Å². The topological polar surface area (TPSA) is 42.1 Å². The molecule has 2 heterocycles. The van der Waals surface area contributed by atoms with Gasteiger partial charge in [-0.2, -0.15) is 0 Å². The molecule has 0 atom stereocenters. The van der Waals surface area contributed by atoms with Gasteiger partial charge in [-0.25, -0.2) is 4.98 Å². The molecule has 25 heavy (non-hydrogen) atoms. The van der Waals surface area contributed by atoms with Crippen molar-refractivity contribution < 1.29 is 0 Å². The predicted molar refractivity (Wildman–Crippen MR) is 107 cm³/mol. The Morgan fingerprint density at radius 1 is 0.960 bits per heavy atom. The second-order valence-electron chi connectivity index (χ2n) is 7.10. The smallest absolute Gasteiger partial charge is 0.185 e. The number of rotatable bonds is 3. The second kappa shape index (κ2) is 6.62. The molecule has 0 unspecified atom stereocenters. The molecule has 1 aromatic heterocycles. The zero-order chi connectivity index (χ0) is 17.3. The lowest BCUT2D eigenvalue weighted by Gasteiger charge is -2.36. The van der Waals surface area contributed by atoms with Crippen molar-refractivity contribution in [2.24, 2.45) is 5.73 Å². The number of anilines is 1. The molecule has 2 aromatic carbocycles. The summed E-state index contributed by atoms with van der Waals surface area (Å²) in [6, 6.07) is 19.1. The molecule has 0 spiro atoms. The molecule has 0 bridgehead atoms. The molecule has 4 heteroatoms. The molecule has 128 valence electrons. The van der Waals surface area contributed by atoms with Gasteiger partial charge < -0.3 is 10.6 Å². The van der Waals surface area contributed by atoms with E-state index in [1.807, 2.05) is 6.07 Å². The Bertz CT molecular complexity index is 844. The van der Waals surface area contributed by atoms with Gasteiger partial charge in [0, 0.05) is 29.6 Å². The first kappa shape index (κ1) is 16.3. The minimum absolute atomic E-state index is 0.0272. The van der Waals surface area contributed by atoms with Crippen molar-refractivity contribution in [3.63, 3.8) is 0 Å². The summed E-state index contributed by atoms with van der Waals surface area (Å²) in [4.78, 5) is 7.26. The molecule has 0 radical (unpaired) electrons. The maximum Gasteiger partial charge on any atom is 0.185 e. The summed E-state index contributed by atoms with van der Waals surface area (Å²) in [5, 5.41) is 3.27. The van der Waals surface area contributed by atoms with E-state index in [0.717, 1.165) is 36.8 Å². The van der Waals surface area contributed by atoms with Crippen molar-refractivity contribution in [3.05, 3.63) is 60.0 Å². The van der Waals surface area contributed by atoms with Crippen LogP contribution >= 0.6 is 11.3 Å². The van der Waals surface area contributed by atoms with Crippen LogP contribution in [0.5, 0.6) is 0 Å². The monoisotopic (exact) mass is 349 g/mol. The maximum atomic E-state index is 6.24. The Hall–Kier alpha value is -2.17. The number of piperidine rings is 1. The summed E-state index contributed by atoms with van der Waals surface area (Å²) < 4.78 is 0. The fourth-order valence-electron chi connectivity index (χ4n) is 3.24. The minimum atomic E-state index is -0.0272. The first-order valence-corrected chi connectivity index (χ1v) is 9.64. The van der Waals surface area contributed by atoms with Crippen LogP contribution in [0.15, 0.2) is 60.0 Å². The van der Waals surface area contributed by atoms with Gasteiger partial charge >= 0.3 is 0 Å². The normalized spacial score (nSPS) is 16.8. The molecular formula is C21H23N3S. The molecule has 3 aromatic rings. The van der Waals surface area contributed by atoms with Crippen molar-refractivity contribution in [2.75, 3.05) is 18.0 Å². The summed E-state index contributed by atoms with van der Waals surface area (Å²) >= 11 is 1.73. The molecule has 0 aliphatic carbocycles. The number of nitrogens with two attached hydrogens (primary N) is 1. The molecule has 2 N–H and O–H groups in total. The molecule has 4 rings (SSSR count). The van der Waals surface area contributed by atoms with Crippen molar-refractivity contribution >= 4 is 16.5 Å². The van der Waals surface area contributed by atoms with Gasteiger partial charge in [0.15, 0.2) is 5.13 Å². The third kappa shape index (κ3) is 3.60. The van der Waals surface area contributed by atoms with Crippen molar-refractivity contribution in [1.82, 2.24) is 4.98 Å². The Labute approximate surface area is 153 Å². The Kier molecular flexibility index (Phi) is 4.32. The standard InChI is InChI=1S/C21H23N3S/c1-21(22)10-12-24(13-11-21)20-23-19(15-25-20)18-9-5-8-17(14-18)16-6-3-2-4-7-16/h2-9,14-15H,10-13,22H2,1H3. The number of aromatic nitrogens is 1. The zero-order valence-corrected chi connectivity index (χ0v) is 15.3. The fraction of sp³-hybridized carbons (Fsp3) is 0.286. The highest BCUT2D eigenvalue weighted by molar-refractivity contribution is 7.14. The van der Waals surface area contributed by atoms with E-state index in [1.165, 1.54) is 16.7 Å². The van der Waals surface area contributed by atoms with E-state index in [1.54, 1.807) is 11.3 Å². The summed E-state index contributed by atoms with van der Waals surface area (Å²) in [6.07, 6.45) is 2.04. The number of hydrogen-bond acceptors (Lipinski definition) is 4. The van der Waals surface area contributed by atoms with E-state index in [0.29, 0.717) is 0 Å². The quantitative estimate of drug-likeness (QED) is 0.739. The summed E-state index contributed by atoms with van der Waals surface area (Å²) in [7, 11) is 0. The average molecular weight is 350 g/mol. The van der Waals surface area contributed by atoms with Gasteiger partial charge in [-0.05, 0) is 37.0 Å². The molecular weight excluding hydrogens is 326 g/mol. The first-order chi connectivity index (χ1) is 12.1. The SMILES string of the molecule is CC1(N)CCN(c2nc(-c3cccc(-c4ccccc4)c3)cs2)CC1. The number of nitrogens with zero attached hydrogens (tertiary/aromatic N) is 2. The van der Waals surface area contributed by atoms with Crippen molar-refractivity contribution in [2.45, 2.75) is 25.3 Å². The predicted octanol–water partition coefficient (Wildman–Crippen LogP) is 4.79. The van der Waals surface area contributed by atoms with E-state index < -0.39 is 0 Å². The maximum absolute atomic E-state index is 6.24. The average Bonchev–Trinajstić information content (AvgIpc) is 3.13. The third-order valence-electron chi connectivity index (χ3n) is 4.93. The van der Waals surface area contributed by atoms with Gasteiger partial charge in [0.25, 0.3) is 0 Å². The van der Waals surface area contributed by atoms with Crippen LogP contribution in [0.2, 0.25) is 0 Å². The first-order valence-electron chi connectivity index (χ1n) is 8.76. The van der Waals surface area contributed by atoms with Crippen LogP contribution in [0.25, 0.3) is 22.4 Å². The number of thiazole rings is 1. The summed E-state index contributed by atoms with van der Waals surface area (Å²) in [5.41, 5.74) is 10.9. The van der Waals surface area contributed by atoms with Gasteiger partial charge in [-0.3, -0.25) is 0 Å². The van der Waals surface area contributed by atoms with Crippen molar-refractivity contribution in [3.8, 4) is 22.4 Å². The highest BCUT2D eigenvalue weighted by Crippen LogP contribution is 2.32. The third-order valence-corrected chi connectivity index (χ3v) is 5.84. The molecule has 3 nitrogen and oxygen atoms in total. The lowest BCUT2D eigenvalue weighted by Crippen LogP contribution is -2.48. The molecule has 0 saturated carbocycles. The number of benzene rings is 2. The van der Waals surface area contributed by atoms with Crippen LogP contribution in [-0.4, -0.2) is 23.6 Å². The van der Waals surface area contributed by atoms with Gasteiger partial charge in [-0.15, -0.1) is 11.3 Å². The number of hydrogen-bond donors (Lipinski definition) is 1. The second-order valence-corrected chi connectivity index (χ2v) is 7.94. The Morgan fingerprint density at radius 3 is 2.40 bits per heavy atom. The van der Waals surface area contributed by atoms with E-state index in [4.69, 9.17) is 10.7 Å². The zero-order valence-electron chi connectivity index (χ0n) is 14.5. The Morgan fingerprint density at radius 2 is 1.64 bits per heavy atom. The summed E-state index contributed by atoms with van der Waals surface area (Å²) in [5.74, 6) is 0. The minimum Gasteiger partial charge on any atom is -0.348 e. The van der Waals surface area contributed by atoms with E-state index >= 15 is 0 Å². The molecule has 1 aliphatic heterocycles. The van der Waals surface area contributed by atoms with Crippen LogP contribution in [-0.2, 0) is 0 Å². The highest BCUT2D eigenvalue weighted by Gasteiger charge is 2.27. The van der Waals surface area contributed by atoms with Crippen LogP contribution < -0.4 is 10.6 Å². The molecule has 1 saturated heterocycles. The van der Waals surface area contributed by atoms with E-state index in [2.05, 4.69) is 65.7 Å². The van der Waals surface area contributed by atoms with Gasteiger partial charge in [0.2, 0.25) is 0 Å².